The summed E-state index contributed by atoms with van der Waals surface area (Å²) in [6, 6.07) is 5.34. The average Bonchev–Trinajstić information content (AvgIpc) is 2.68. The van der Waals surface area contributed by atoms with Gasteiger partial charge in [0, 0.05) is 17.1 Å². The molecule has 0 saturated carbocycles. The predicted molar refractivity (Wildman–Crippen MR) is 78.2 cm³/mol. The van der Waals surface area contributed by atoms with Gasteiger partial charge in [0.25, 0.3) is 0 Å². The van der Waals surface area contributed by atoms with Crippen molar-refractivity contribution in [1.29, 1.82) is 0 Å². The molecular weight excluding hydrogens is 278 g/mol. The van der Waals surface area contributed by atoms with Crippen molar-refractivity contribution < 1.29 is 14.3 Å². The fraction of sp³-hybridized carbons (Fsp3) is 0.333. The van der Waals surface area contributed by atoms with Crippen molar-refractivity contribution in [3.8, 4) is 0 Å². The zero-order chi connectivity index (χ0) is 14.9. The Kier molecular flexibility index (Phi) is 4.14. The SMILES string of the molecule is CC(=O)c1cn(CC(=O)OC(C)C)c2c(Cl)cccc12. The summed E-state index contributed by atoms with van der Waals surface area (Å²) in [5, 5.41) is 1.26. The topological polar surface area (TPSA) is 48.3 Å². The third-order valence-electron chi connectivity index (χ3n) is 2.89. The number of hydrogen-bond acceptors (Lipinski definition) is 3. The van der Waals surface area contributed by atoms with E-state index in [1.807, 2.05) is 6.07 Å². The van der Waals surface area contributed by atoms with E-state index in [1.54, 1.807) is 36.7 Å². The zero-order valence-corrected chi connectivity index (χ0v) is 12.4. The predicted octanol–water partition coefficient (Wildman–Crippen LogP) is 3.45. The second kappa shape index (κ2) is 5.67. The molecule has 0 amide bonds. The summed E-state index contributed by atoms with van der Waals surface area (Å²) in [5.41, 5.74) is 1.24. The lowest BCUT2D eigenvalue weighted by atomic mass is 10.1. The van der Waals surface area contributed by atoms with Crippen LogP contribution >= 0.6 is 11.6 Å². The first-order valence-electron chi connectivity index (χ1n) is 6.38. The Morgan fingerprint density at radius 1 is 1.35 bits per heavy atom. The quantitative estimate of drug-likeness (QED) is 0.641. The molecule has 1 heterocycles. The van der Waals surface area contributed by atoms with Gasteiger partial charge in [0.2, 0.25) is 0 Å². The first-order chi connectivity index (χ1) is 9.40. The van der Waals surface area contributed by atoms with Gasteiger partial charge in [0.05, 0.1) is 16.6 Å². The molecule has 0 atom stereocenters. The number of fused-ring (bicyclic) bond motifs is 1. The molecular formula is C15H16ClNO3. The van der Waals surface area contributed by atoms with E-state index in [0.29, 0.717) is 16.1 Å². The third kappa shape index (κ3) is 2.85. The molecule has 0 spiro atoms. The molecule has 0 radical (unpaired) electrons. The number of rotatable bonds is 4. The van der Waals surface area contributed by atoms with Crippen LogP contribution in [0, 0.1) is 0 Å². The lowest BCUT2D eigenvalue weighted by molar-refractivity contribution is -0.148. The van der Waals surface area contributed by atoms with Crippen molar-refractivity contribution >= 4 is 34.3 Å². The number of carbonyl (C=O) groups excluding carboxylic acids is 2. The number of benzene rings is 1. The van der Waals surface area contributed by atoms with E-state index < -0.39 is 0 Å². The minimum absolute atomic E-state index is 0.0334. The van der Waals surface area contributed by atoms with Gasteiger partial charge in [-0.1, -0.05) is 23.7 Å². The maximum absolute atomic E-state index is 11.8. The summed E-state index contributed by atoms with van der Waals surface area (Å²) in [5.74, 6) is -0.417. The summed E-state index contributed by atoms with van der Waals surface area (Å²) < 4.78 is 6.79. The third-order valence-corrected chi connectivity index (χ3v) is 3.20. The highest BCUT2D eigenvalue weighted by Crippen LogP contribution is 2.28. The number of esters is 1. The summed E-state index contributed by atoms with van der Waals surface area (Å²) in [7, 11) is 0. The molecule has 0 N–H and O–H groups in total. The number of ether oxygens (including phenoxy) is 1. The lowest BCUT2D eigenvalue weighted by Gasteiger charge is -2.09. The van der Waals surface area contributed by atoms with Gasteiger partial charge >= 0.3 is 5.97 Å². The molecule has 0 saturated heterocycles. The van der Waals surface area contributed by atoms with E-state index >= 15 is 0 Å². The van der Waals surface area contributed by atoms with Gasteiger partial charge in [0.1, 0.15) is 6.54 Å². The molecule has 0 aliphatic carbocycles. The summed E-state index contributed by atoms with van der Waals surface area (Å²) >= 11 is 6.19. The fourth-order valence-corrected chi connectivity index (χ4v) is 2.44. The van der Waals surface area contributed by atoms with E-state index in [-0.39, 0.29) is 24.4 Å². The van der Waals surface area contributed by atoms with Crippen LogP contribution < -0.4 is 0 Å². The van der Waals surface area contributed by atoms with Crippen molar-refractivity contribution in [2.75, 3.05) is 0 Å². The lowest BCUT2D eigenvalue weighted by Crippen LogP contribution is -2.17. The summed E-state index contributed by atoms with van der Waals surface area (Å²) in [4.78, 5) is 23.5. The Morgan fingerprint density at radius 3 is 2.65 bits per heavy atom. The molecule has 0 aliphatic heterocycles. The maximum atomic E-state index is 11.8. The van der Waals surface area contributed by atoms with Crippen LogP contribution in [-0.4, -0.2) is 22.4 Å². The fourth-order valence-electron chi connectivity index (χ4n) is 2.16. The van der Waals surface area contributed by atoms with Crippen molar-refractivity contribution in [3.05, 3.63) is 35.0 Å². The van der Waals surface area contributed by atoms with Gasteiger partial charge in [-0.25, -0.2) is 0 Å². The number of carbonyl (C=O) groups is 2. The first-order valence-corrected chi connectivity index (χ1v) is 6.75. The molecule has 5 heteroatoms. The van der Waals surface area contributed by atoms with Gasteiger partial charge in [0.15, 0.2) is 5.78 Å². The van der Waals surface area contributed by atoms with Gasteiger partial charge in [-0.05, 0) is 26.8 Å². The van der Waals surface area contributed by atoms with E-state index in [4.69, 9.17) is 16.3 Å². The molecule has 0 bridgehead atoms. The Hall–Kier alpha value is -1.81. The minimum Gasteiger partial charge on any atom is -0.462 e. The molecule has 2 rings (SSSR count). The molecule has 2 aromatic rings. The zero-order valence-electron chi connectivity index (χ0n) is 11.6. The van der Waals surface area contributed by atoms with Crippen LogP contribution in [0.2, 0.25) is 5.02 Å². The van der Waals surface area contributed by atoms with E-state index in [0.717, 1.165) is 5.39 Å². The first kappa shape index (κ1) is 14.6. The average molecular weight is 294 g/mol. The molecule has 0 aliphatic rings. The van der Waals surface area contributed by atoms with Gasteiger partial charge < -0.3 is 9.30 Å². The van der Waals surface area contributed by atoms with Crippen LogP contribution in [-0.2, 0) is 16.1 Å². The van der Waals surface area contributed by atoms with Crippen LogP contribution in [0.1, 0.15) is 31.1 Å². The van der Waals surface area contributed by atoms with Crippen LogP contribution in [0.25, 0.3) is 10.9 Å². The highest BCUT2D eigenvalue weighted by Gasteiger charge is 2.16. The van der Waals surface area contributed by atoms with Crippen molar-refractivity contribution in [3.63, 3.8) is 0 Å². The molecule has 106 valence electrons. The number of nitrogens with zero attached hydrogens (tertiary/aromatic N) is 1. The Balaban J connectivity index is 2.48. The molecule has 0 unspecified atom stereocenters. The smallest absolute Gasteiger partial charge is 0.326 e. The van der Waals surface area contributed by atoms with Gasteiger partial charge in [-0.3, -0.25) is 9.59 Å². The maximum Gasteiger partial charge on any atom is 0.326 e. The number of halogens is 1. The molecule has 20 heavy (non-hydrogen) atoms. The van der Waals surface area contributed by atoms with Crippen LogP contribution in [0.4, 0.5) is 0 Å². The second-order valence-corrected chi connectivity index (χ2v) is 5.31. The van der Waals surface area contributed by atoms with Crippen molar-refractivity contribution in [2.45, 2.75) is 33.4 Å². The Bertz CT molecular complexity index is 673. The van der Waals surface area contributed by atoms with Crippen LogP contribution in [0.3, 0.4) is 0 Å². The van der Waals surface area contributed by atoms with Crippen molar-refractivity contribution in [2.24, 2.45) is 0 Å². The standard InChI is InChI=1S/C15H16ClNO3/c1-9(2)20-14(19)8-17-7-12(10(3)18)11-5-4-6-13(16)15(11)17/h4-7,9H,8H2,1-3H3. The summed E-state index contributed by atoms with van der Waals surface area (Å²) in [6.45, 7) is 5.11. The Morgan fingerprint density at radius 2 is 2.05 bits per heavy atom. The van der Waals surface area contributed by atoms with E-state index in [2.05, 4.69) is 0 Å². The summed E-state index contributed by atoms with van der Waals surface area (Å²) in [6.07, 6.45) is 1.48. The highest BCUT2D eigenvalue weighted by molar-refractivity contribution is 6.35. The van der Waals surface area contributed by atoms with Gasteiger partial charge in [-0.2, -0.15) is 0 Å². The van der Waals surface area contributed by atoms with Crippen LogP contribution in [0.15, 0.2) is 24.4 Å². The molecule has 0 fully saturated rings. The monoisotopic (exact) mass is 293 g/mol. The normalized spacial score (nSPS) is 11.1. The molecule has 1 aromatic carbocycles. The van der Waals surface area contributed by atoms with Gasteiger partial charge in [-0.15, -0.1) is 0 Å². The second-order valence-electron chi connectivity index (χ2n) is 4.90. The minimum atomic E-state index is -0.355. The van der Waals surface area contributed by atoms with Crippen LogP contribution in [0.5, 0.6) is 0 Å². The number of para-hydroxylation sites is 1. The molecule has 4 nitrogen and oxygen atoms in total. The number of ketones is 1. The largest absolute Gasteiger partial charge is 0.462 e. The van der Waals surface area contributed by atoms with E-state index in [9.17, 15) is 9.59 Å². The highest BCUT2D eigenvalue weighted by atomic mass is 35.5. The number of aromatic nitrogens is 1. The Labute approximate surface area is 122 Å². The van der Waals surface area contributed by atoms with Crippen molar-refractivity contribution in [1.82, 2.24) is 4.57 Å². The van der Waals surface area contributed by atoms with E-state index in [1.165, 1.54) is 6.92 Å². The number of hydrogen-bond donors (Lipinski definition) is 0. The number of Topliss-reactive ketones (excluding diaryl/α,β-unsaturated/α-hetero) is 1. The molecule has 1 aromatic heterocycles.